The summed E-state index contributed by atoms with van der Waals surface area (Å²) in [6.45, 7) is 4.21. The fourth-order valence-corrected chi connectivity index (χ4v) is 4.12. The second kappa shape index (κ2) is 6.61. The van der Waals surface area contributed by atoms with E-state index in [1.165, 1.54) is 20.8 Å². The first kappa shape index (κ1) is 19.3. The van der Waals surface area contributed by atoms with E-state index in [1.807, 2.05) is 6.07 Å². The molecule has 1 aromatic rings. The fraction of sp³-hybridized carbons (Fsp3) is 0.368. The molecule has 7 nitrogen and oxygen atoms in total. The van der Waals surface area contributed by atoms with Crippen molar-refractivity contribution >= 4 is 33.3 Å². The summed E-state index contributed by atoms with van der Waals surface area (Å²) in [5.74, 6) is -1.04. The van der Waals surface area contributed by atoms with Crippen LogP contribution in [0.1, 0.15) is 44.2 Å². The van der Waals surface area contributed by atoms with Gasteiger partial charge in [-0.05, 0) is 47.8 Å². The number of esters is 1. The van der Waals surface area contributed by atoms with Crippen LogP contribution in [0.15, 0.2) is 35.9 Å². The minimum absolute atomic E-state index is 0.0383. The lowest BCUT2D eigenvalue weighted by atomic mass is 9.87. The van der Waals surface area contributed by atoms with E-state index in [-0.39, 0.29) is 24.9 Å². The number of allylic oxidation sites excluding steroid dienone is 2. The van der Waals surface area contributed by atoms with Gasteiger partial charge in [-0.25, -0.2) is 0 Å². The van der Waals surface area contributed by atoms with Crippen molar-refractivity contribution < 1.29 is 27.3 Å². The minimum Gasteiger partial charge on any atom is -0.465 e. The first-order valence-corrected chi connectivity index (χ1v) is 9.91. The lowest BCUT2D eigenvalue weighted by Gasteiger charge is -2.27. The highest BCUT2D eigenvalue weighted by atomic mass is 32.2. The van der Waals surface area contributed by atoms with Gasteiger partial charge >= 0.3 is 5.97 Å². The molecule has 0 aromatic heterocycles. The van der Waals surface area contributed by atoms with Gasteiger partial charge in [-0.1, -0.05) is 18.2 Å². The third-order valence-electron chi connectivity index (χ3n) is 4.94. The highest BCUT2D eigenvalue weighted by molar-refractivity contribution is 7.87. The van der Waals surface area contributed by atoms with Crippen LogP contribution in [-0.2, 0) is 24.4 Å². The number of fused-ring (bicyclic) bond motifs is 3. The average molecular weight is 391 g/mol. The van der Waals surface area contributed by atoms with Crippen LogP contribution in [0.4, 0.5) is 5.69 Å². The number of benzene rings is 1. The van der Waals surface area contributed by atoms with E-state index in [0.717, 1.165) is 16.7 Å². The van der Waals surface area contributed by atoms with Gasteiger partial charge in [-0.3, -0.25) is 14.1 Å². The van der Waals surface area contributed by atoms with Crippen LogP contribution in [0, 0.1) is 0 Å². The average Bonchev–Trinajstić information content (AvgIpc) is 2.83. The summed E-state index contributed by atoms with van der Waals surface area (Å²) in [7, 11) is -4.32. The van der Waals surface area contributed by atoms with Crippen LogP contribution >= 0.6 is 0 Å². The number of hydrogen-bond donors (Lipinski definition) is 2. The molecule has 0 heterocycles. The number of hydrogen-bond acceptors (Lipinski definition) is 5. The first-order valence-electron chi connectivity index (χ1n) is 8.47. The predicted molar refractivity (Wildman–Crippen MR) is 101 cm³/mol. The summed E-state index contributed by atoms with van der Waals surface area (Å²) >= 11 is 0. The van der Waals surface area contributed by atoms with Gasteiger partial charge in [0, 0.05) is 25.5 Å². The van der Waals surface area contributed by atoms with E-state index < -0.39 is 20.8 Å². The molecule has 2 atom stereocenters. The Labute approximate surface area is 157 Å². The number of carbonyl (C=O) groups is 2. The van der Waals surface area contributed by atoms with Crippen LogP contribution in [-0.4, -0.2) is 36.2 Å². The van der Waals surface area contributed by atoms with Crippen LogP contribution in [0.3, 0.4) is 0 Å². The number of rotatable bonds is 4. The summed E-state index contributed by atoms with van der Waals surface area (Å²) in [4.78, 5) is 22.7. The summed E-state index contributed by atoms with van der Waals surface area (Å²) in [5.41, 5.74) is 3.88. The molecule has 0 radical (unpaired) electrons. The molecule has 27 heavy (non-hydrogen) atoms. The van der Waals surface area contributed by atoms with Gasteiger partial charge < -0.3 is 10.1 Å². The highest BCUT2D eigenvalue weighted by Crippen LogP contribution is 2.50. The van der Waals surface area contributed by atoms with E-state index in [2.05, 4.69) is 5.32 Å². The smallest absolute Gasteiger partial charge is 0.302 e. The molecule has 2 aliphatic carbocycles. The van der Waals surface area contributed by atoms with Crippen molar-refractivity contribution in [2.45, 2.75) is 37.9 Å². The largest absolute Gasteiger partial charge is 0.465 e. The van der Waals surface area contributed by atoms with Crippen LogP contribution in [0.25, 0.3) is 5.57 Å². The van der Waals surface area contributed by atoms with Gasteiger partial charge in [0.05, 0.1) is 0 Å². The van der Waals surface area contributed by atoms with Crippen molar-refractivity contribution in [3.8, 4) is 0 Å². The molecular formula is C19H21NO6S. The molecule has 2 aliphatic rings. The molecule has 0 spiro atoms. The third-order valence-corrected chi connectivity index (χ3v) is 6.40. The Balaban J connectivity index is 2.11. The van der Waals surface area contributed by atoms with Gasteiger partial charge in [0.15, 0.2) is 0 Å². The molecule has 8 heteroatoms. The van der Waals surface area contributed by atoms with Gasteiger partial charge in [-0.15, -0.1) is 0 Å². The van der Waals surface area contributed by atoms with Crippen LogP contribution in [0.5, 0.6) is 0 Å². The SMILES string of the molecule is CC(=O)Nc1ccc2c(c1)C(COC(C)=O)C1=CC(C)(S(=O)(=O)O)CC=C12. The predicted octanol–water partition coefficient (Wildman–Crippen LogP) is 2.67. The van der Waals surface area contributed by atoms with Gasteiger partial charge in [0.25, 0.3) is 10.1 Å². The molecule has 0 saturated heterocycles. The molecule has 1 aromatic carbocycles. The zero-order chi connectivity index (χ0) is 20.0. The molecular weight excluding hydrogens is 370 g/mol. The standard InChI is InChI=1S/C19H21NO6S/c1-11(21)20-13-4-5-14-15-6-7-19(3,27(23,24)25)9-17(15)18(16(14)8-13)10-26-12(2)22/h4-6,8-9,18H,7,10H2,1-3H3,(H,20,21)(H,23,24,25). The number of amides is 1. The molecule has 0 saturated carbocycles. The van der Waals surface area contributed by atoms with Gasteiger partial charge in [0.2, 0.25) is 5.91 Å². The molecule has 0 aliphatic heterocycles. The summed E-state index contributed by atoms with van der Waals surface area (Å²) < 4.78 is 37.1. The minimum atomic E-state index is -4.32. The topological polar surface area (TPSA) is 110 Å². The molecule has 2 unspecified atom stereocenters. The third kappa shape index (κ3) is 3.54. The Bertz CT molecular complexity index is 991. The Morgan fingerprint density at radius 2 is 2.04 bits per heavy atom. The monoisotopic (exact) mass is 391 g/mol. The lowest BCUT2D eigenvalue weighted by Crippen LogP contribution is -2.34. The number of nitrogens with one attached hydrogen (secondary N) is 1. The summed E-state index contributed by atoms with van der Waals surface area (Å²) in [6, 6.07) is 5.42. The lowest BCUT2D eigenvalue weighted by molar-refractivity contribution is -0.141. The zero-order valence-electron chi connectivity index (χ0n) is 15.3. The van der Waals surface area contributed by atoms with E-state index >= 15 is 0 Å². The van der Waals surface area contributed by atoms with Crippen molar-refractivity contribution in [1.82, 2.24) is 0 Å². The maximum Gasteiger partial charge on any atom is 0.302 e. The maximum atomic E-state index is 11.9. The number of ether oxygens (including phenoxy) is 1. The second-order valence-electron chi connectivity index (χ2n) is 7.05. The zero-order valence-corrected chi connectivity index (χ0v) is 16.1. The summed E-state index contributed by atoms with van der Waals surface area (Å²) in [5, 5.41) is 2.72. The Kier molecular flexibility index (Phi) is 4.73. The molecule has 0 fully saturated rings. The Morgan fingerprint density at radius 1 is 1.33 bits per heavy atom. The first-order chi connectivity index (χ1) is 12.5. The van der Waals surface area contributed by atoms with Crippen molar-refractivity contribution in [3.63, 3.8) is 0 Å². The van der Waals surface area contributed by atoms with Crippen molar-refractivity contribution in [2.75, 3.05) is 11.9 Å². The van der Waals surface area contributed by atoms with Gasteiger partial charge in [0.1, 0.15) is 11.4 Å². The highest BCUT2D eigenvalue weighted by Gasteiger charge is 2.43. The molecule has 2 N–H and O–H groups in total. The van der Waals surface area contributed by atoms with E-state index in [9.17, 15) is 22.6 Å². The fourth-order valence-electron chi connectivity index (χ4n) is 3.55. The summed E-state index contributed by atoms with van der Waals surface area (Å²) in [6.07, 6.45) is 3.47. The van der Waals surface area contributed by atoms with E-state index in [1.54, 1.807) is 24.3 Å². The Hall–Kier alpha value is -2.45. The van der Waals surface area contributed by atoms with Crippen LogP contribution in [0.2, 0.25) is 0 Å². The van der Waals surface area contributed by atoms with E-state index in [0.29, 0.717) is 11.3 Å². The quantitative estimate of drug-likeness (QED) is 0.603. The molecule has 144 valence electrons. The van der Waals surface area contributed by atoms with Crippen molar-refractivity contribution in [2.24, 2.45) is 0 Å². The van der Waals surface area contributed by atoms with Crippen molar-refractivity contribution in [1.29, 1.82) is 0 Å². The maximum absolute atomic E-state index is 11.9. The molecule has 0 bridgehead atoms. The van der Waals surface area contributed by atoms with Crippen LogP contribution < -0.4 is 5.32 Å². The Morgan fingerprint density at radius 3 is 2.63 bits per heavy atom. The van der Waals surface area contributed by atoms with E-state index in [4.69, 9.17) is 4.74 Å². The second-order valence-corrected chi connectivity index (χ2v) is 8.93. The van der Waals surface area contributed by atoms with Gasteiger partial charge in [-0.2, -0.15) is 8.42 Å². The van der Waals surface area contributed by atoms with Crippen molar-refractivity contribution in [3.05, 3.63) is 47.1 Å². The molecule has 1 amide bonds. The molecule has 3 rings (SSSR count). The number of carbonyl (C=O) groups excluding carboxylic acids is 2. The number of anilines is 1. The normalized spacial score (nSPS) is 23.6.